The van der Waals surface area contributed by atoms with Crippen molar-refractivity contribution in [3.05, 3.63) is 108 Å². The van der Waals surface area contributed by atoms with E-state index in [1.807, 2.05) is 0 Å². The van der Waals surface area contributed by atoms with E-state index >= 15 is 0 Å². The van der Waals surface area contributed by atoms with Gasteiger partial charge in [-0.05, 0) is 63.9 Å². The third-order valence-electron chi connectivity index (χ3n) is 4.99. The van der Waals surface area contributed by atoms with Crippen LogP contribution in [0.25, 0.3) is 0 Å². The van der Waals surface area contributed by atoms with Crippen LogP contribution < -0.4 is 5.32 Å². The summed E-state index contributed by atoms with van der Waals surface area (Å²) >= 11 is 0. The number of hydrogen-bond acceptors (Lipinski definition) is 1. The van der Waals surface area contributed by atoms with Crippen molar-refractivity contribution in [2.24, 2.45) is 0 Å². The Hall–Kier alpha value is -2.87. The highest BCUT2D eigenvalue weighted by atomic mass is 16.1. The summed E-state index contributed by atoms with van der Waals surface area (Å²) in [7, 11) is 0. The minimum absolute atomic E-state index is 0. The smallest absolute Gasteiger partial charge is 0.220 e. The van der Waals surface area contributed by atoms with Crippen LogP contribution in [-0.2, 0) is 11.2 Å². The van der Waals surface area contributed by atoms with Gasteiger partial charge in [0.1, 0.15) is 0 Å². The summed E-state index contributed by atoms with van der Waals surface area (Å²) < 4.78 is 0. The first kappa shape index (κ1) is 28.2. The number of aryl methyl sites for hydroxylation is 1. The second-order valence-corrected chi connectivity index (χ2v) is 8.04. The summed E-state index contributed by atoms with van der Waals surface area (Å²) in [6.07, 6.45) is 34.5. The highest BCUT2D eigenvalue weighted by Crippen LogP contribution is 2.03. The summed E-state index contributed by atoms with van der Waals surface area (Å²) in [5.74, 6) is 0.127. The van der Waals surface area contributed by atoms with Crippen LogP contribution in [-0.4, -0.2) is 12.5 Å². The molecule has 0 spiro atoms. The Balaban J connectivity index is 0.0000109. The van der Waals surface area contributed by atoms with E-state index < -0.39 is 0 Å². The van der Waals surface area contributed by atoms with Crippen LogP contribution in [0, 0.1) is 6.92 Å². The SMILES string of the molecule is CC/C=C\C/C=C\C/C=C\C/C=C\C/C=C\C/C=C\CCC(=O)NCCc1ccc(C)cc1.[HH]. The van der Waals surface area contributed by atoms with Crippen molar-refractivity contribution in [1.82, 2.24) is 5.32 Å². The summed E-state index contributed by atoms with van der Waals surface area (Å²) in [4.78, 5) is 11.9. The summed E-state index contributed by atoms with van der Waals surface area (Å²) in [6.45, 7) is 4.94. The van der Waals surface area contributed by atoms with Gasteiger partial charge in [-0.25, -0.2) is 0 Å². The summed E-state index contributed by atoms with van der Waals surface area (Å²) in [5.41, 5.74) is 2.53. The Bertz CT molecular complexity index is 797. The molecule has 0 aliphatic carbocycles. The maximum Gasteiger partial charge on any atom is 0.220 e. The van der Waals surface area contributed by atoms with E-state index in [9.17, 15) is 4.79 Å². The van der Waals surface area contributed by atoms with Crippen LogP contribution in [0.3, 0.4) is 0 Å². The molecule has 0 radical (unpaired) electrons. The molecule has 33 heavy (non-hydrogen) atoms. The van der Waals surface area contributed by atoms with Gasteiger partial charge in [-0.3, -0.25) is 4.79 Å². The van der Waals surface area contributed by atoms with Crippen molar-refractivity contribution in [2.45, 2.75) is 71.6 Å². The molecule has 1 amide bonds. The molecule has 0 aromatic heterocycles. The number of allylic oxidation sites excluding steroid dienone is 12. The quantitative estimate of drug-likeness (QED) is 0.239. The van der Waals surface area contributed by atoms with Crippen molar-refractivity contribution in [3.8, 4) is 0 Å². The number of hydrogen-bond donors (Lipinski definition) is 1. The molecule has 2 nitrogen and oxygen atoms in total. The summed E-state index contributed by atoms with van der Waals surface area (Å²) in [6, 6.07) is 8.47. The molecular weight excluding hydrogens is 402 g/mol. The Morgan fingerprint density at radius 3 is 1.67 bits per heavy atom. The molecule has 1 aromatic rings. The zero-order valence-corrected chi connectivity index (χ0v) is 20.7. The van der Waals surface area contributed by atoms with Crippen molar-refractivity contribution in [2.75, 3.05) is 6.54 Å². The molecule has 0 heterocycles. The molecule has 0 fully saturated rings. The fraction of sp³-hybridized carbons (Fsp3) is 0.387. The maximum atomic E-state index is 11.9. The molecule has 0 bridgehead atoms. The van der Waals surface area contributed by atoms with Gasteiger partial charge in [0.15, 0.2) is 0 Å². The molecule has 1 aromatic carbocycles. The fourth-order valence-corrected chi connectivity index (χ4v) is 3.04. The summed E-state index contributed by atoms with van der Waals surface area (Å²) in [5, 5.41) is 3.00. The van der Waals surface area contributed by atoms with Crippen molar-refractivity contribution < 1.29 is 6.22 Å². The van der Waals surface area contributed by atoms with Crippen LogP contribution >= 0.6 is 0 Å². The van der Waals surface area contributed by atoms with E-state index in [-0.39, 0.29) is 7.33 Å². The lowest BCUT2D eigenvalue weighted by molar-refractivity contribution is -0.120. The normalized spacial score (nSPS) is 12.5. The van der Waals surface area contributed by atoms with Gasteiger partial charge in [-0.1, -0.05) is 110 Å². The van der Waals surface area contributed by atoms with Gasteiger partial charge in [0, 0.05) is 14.4 Å². The van der Waals surface area contributed by atoms with E-state index in [1.54, 1.807) is 0 Å². The third kappa shape index (κ3) is 18.4. The van der Waals surface area contributed by atoms with Crippen molar-refractivity contribution in [1.29, 1.82) is 0 Å². The van der Waals surface area contributed by atoms with Gasteiger partial charge in [0.05, 0.1) is 0 Å². The minimum atomic E-state index is 0. The lowest BCUT2D eigenvalue weighted by Gasteiger charge is -2.04. The van der Waals surface area contributed by atoms with Gasteiger partial charge in [-0.15, -0.1) is 0 Å². The Morgan fingerprint density at radius 1 is 0.727 bits per heavy atom. The van der Waals surface area contributed by atoms with E-state index in [4.69, 9.17) is 0 Å². The highest BCUT2D eigenvalue weighted by molar-refractivity contribution is 5.75. The van der Waals surface area contributed by atoms with Crippen LogP contribution in [0.15, 0.2) is 97.2 Å². The zero-order chi connectivity index (χ0) is 23.8. The number of nitrogens with one attached hydrogen (secondary N) is 1. The van der Waals surface area contributed by atoms with E-state index in [2.05, 4.69) is 116 Å². The van der Waals surface area contributed by atoms with Crippen LogP contribution in [0.1, 0.15) is 70.8 Å². The number of carbonyl (C=O) groups is 1. The Labute approximate surface area is 204 Å². The average Bonchev–Trinajstić information content (AvgIpc) is 2.82. The zero-order valence-electron chi connectivity index (χ0n) is 20.7. The lowest BCUT2D eigenvalue weighted by Crippen LogP contribution is -2.25. The number of benzene rings is 1. The van der Waals surface area contributed by atoms with E-state index in [0.717, 1.165) is 51.4 Å². The van der Waals surface area contributed by atoms with E-state index in [0.29, 0.717) is 13.0 Å². The molecule has 2 heteroatoms. The minimum Gasteiger partial charge on any atom is -0.356 e. The van der Waals surface area contributed by atoms with E-state index in [1.165, 1.54) is 11.1 Å². The van der Waals surface area contributed by atoms with Gasteiger partial charge < -0.3 is 5.32 Å². The second-order valence-electron chi connectivity index (χ2n) is 8.04. The molecule has 0 unspecified atom stereocenters. The molecule has 0 saturated heterocycles. The van der Waals surface area contributed by atoms with Crippen LogP contribution in [0.5, 0.6) is 0 Å². The van der Waals surface area contributed by atoms with Crippen molar-refractivity contribution in [3.63, 3.8) is 0 Å². The highest BCUT2D eigenvalue weighted by Gasteiger charge is 1.99. The topological polar surface area (TPSA) is 29.1 Å². The Morgan fingerprint density at radius 2 is 1.18 bits per heavy atom. The largest absolute Gasteiger partial charge is 0.356 e. The lowest BCUT2D eigenvalue weighted by atomic mass is 10.1. The first-order chi connectivity index (χ1) is 16.2. The van der Waals surface area contributed by atoms with Crippen LogP contribution in [0.2, 0.25) is 0 Å². The second kappa shape index (κ2) is 21.0. The number of amides is 1. The Kier molecular flexibility index (Phi) is 17.9. The molecule has 0 atom stereocenters. The molecule has 0 aliphatic heterocycles. The first-order valence-corrected chi connectivity index (χ1v) is 12.4. The van der Waals surface area contributed by atoms with Crippen LogP contribution in [0.4, 0.5) is 0 Å². The van der Waals surface area contributed by atoms with Gasteiger partial charge in [0.2, 0.25) is 5.91 Å². The fourth-order valence-electron chi connectivity index (χ4n) is 3.04. The third-order valence-corrected chi connectivity index (χ3v) is 4.99. The molecule has 180 valence electrons. The predicted octanol–water partition coefficient (Wildman–Crippen LogP) is 8.38. The predicted molar refractivity (Wildman–Crippen MR) is 147 cm³/mol. The standard InChI is InChI=1S/C31H43NO.H2/c1-3-4-5-6-7-8-9-10-11-12-13-14-15-16-17-18-19-20-21-22-31(33)32-28-27-30-25-23-29(2)24-26-30;/h4-5,7-8,10-11,13-14,16-17,19-20,23-26H,3,6,9,12,15,18,21-22,27-28H2,1-2H3,(H,32,33);1H/b5-4-,8-7-,11-10-,14-13-,17-16-,20-19-;. The van der Waals surface area contributed by atoms with Crippen molar-refractivity contribution >= 4 is 5.91 Å². The van der Waals surface area contributed by atoms with Gasteiger partial charge in [-0.2, -0.15) is 0 Å². The number of carbonyl (C=O) groups excluding carboxylic acids is 1. The number of rotatable bonds is 17. The van der Waals surface area contributed by atoms with Gasteiger partial charge in [0.25, 0.3) is 0 Å². The van der Waals surface area contributed by atoms with Gasteiger partial charge >= 0.3 is 0 Å². The maximum absolute atomic E-state index is 11.9. The monoisotopic (exact) mass is 447 g/mol. The molecule has 0 aliphatic rings. The molecule has 1 N–H and O–H groups in total. The molecule has 0 saturated carbocycles. The molecular formula is C31H45NO. The first-order valence-electron chi connectivity index (χ1n) is 12.4. The molecule has 1 rings (SSSR count). The average molecular weight is 448 g/mol.